The molecule has 0 N–H and O–H groups in total. The van der Waals surface area contributed by atoms with Crippen LogP contribution in [0.5, 0.6) is 0 Å². The van der Waals surface area contributed by atoms with Crippen LogP contribution >= 0.6 is 0 Å². The summed E-state index contributed by atoms with van der Waals surface area (Å²) in [6, 6.07) is 0. The number of rotatable bonds is 6. The number of carbonyl (C=O) groups excluding carboxylic acids is 2. The number of ether oxygens (including phenoxy) is 2. The van der Waals surface area contributed by atoms with Gasteiger partial charge in [-0.15, -0.1) is 0 Å². The van der Waals surface area contributed by atoms with Gasteiger partial charge in [-0.25, -0.2) is 4.79 Å². The maximum absolute atomic E-state index is 12.3. The molecule has 1 atom stereocenters. The molecule has 0 heterocycles. The van der Waals surface area contributed by atoms with Crippen molar-refractivity contribution in [2.24, 2.45) is 16.7 Å². The second-order valence-corrected chi connectivity index (χ2v) is 7.86. The van der Waals surface area contributed by atoms with Crippen molar-refractivity contribution in [3.05, 3.63) is 0 Å². The zero-order chi connectivity index (χ0) is 16.5. The third-order valence-corrected chi connectivity index (χ3v) is 5.07. The molecule has 21 heavy (non-hydrogen) atoms. The standard InChI is InChI=1S/C17H30O4/c1-8-17(7,15(2,3)4)14(19)20-11-13(18)21-16(5,6)12-9-10-12/h12H,8-11H2,1-7H3. The fourth-order valence-corrected chi connectivity index (χ4v) is 2.45. The van der Waals surface area contributed by atoms with Gasteiger partial charge in [0.1, 0.15) is 5.60 Å². The van der Waals surface area contributed by atoms with Gasteiger partial charge >= 0.3 is 11.9 Å². The van der Waals surface area contributed by atoms with E-state index in [0.717, 1.165) is 12.8 Å². The number of esters is 2. The predicted octanol–water partition coefficient (Wildman–Crippen LogP) is 3.72. The van der Waals surface area contributed by atoms with Gasteiger partial charge < -0.3 is 9.47 Å². The van der Waals surface area contributed by atoms with E-state index in [0.29, 0.717) is 12.3 Å². The van der Waals surface area contributed by atoms with Gasteiger partial charge in [0.05, 0.1) is 5.41 Å². The van der Waals surface area contributed by atoms with Crippen molar-refractivity contribution in [1.29, 1.82) is 0 Å². The largest absolute Gasteiger partial charge is 0.457 e. The second-order valence-electron chi connectivity index (χ2n) is 7.86. The molecule has 1 aliphatic rings. The molecule has 0 aromatic heterocycles. The lowest BCUT2D eigenvalue weighted by Gasteiger charge is -2.38. The number of hydrogen-bond acceptors (Lipinski definition) is 4. The Kier molecular flexibility index (Phi) is 5.12. The average molecular weight is 298 g/mol. The average Bonchev–Trinajstić information content (AvgIpc) is 3.17. The van der Waals surface area contributed by atoms with Crippen LogP contribution < -0.4 is 0 Å². The first-order valence-electron chi connectivity index (χ1n) is 7.83. The lowest BCUT2D eigenvalue weighted by atomic mass is 9.66. The minimum atomic E-state index is -0.612. The van der Waals surface area contributed by atoms with Crippen LogP contribution in [-0.2, 0) is 19.1 Å². The van der Waals surface area contributed by atoms with Crippen LogP contribution in [0.25, 0.3) is 0 Å². The van der Waals surface area contributed by atoms with Gasteiger partial charge in [-0.1, -0.05) is 27.7 Å². The molecular formula is C17H30O4. The van der Waals surface area contributed by atoms with E-state index < -0.39 is 17.0 Å². The molecule has 122 valence electrons. The predicted molar refractivity (Wildman–Crippen MR) is 81.7 cm³/mol. The summed E-state index contributed by atoms with van der Waals surface area (Å²) in [6.07, 6.45) is 2.86. The van der Waals surface area contributed by atoms with Crippen LogP contribution in [0.3, 0.4) is 0 Å². The summed E-state index contributed by atoms with van der Waals surface area (Å²) < 4.78 is 10.6. The van der Waals surface area contributed by atoms with Gasteiger partial charge in [-0.2, -0.15) is 0 Å². The van der Waals surface area contributed by atoms with Gasteiger partial charge in [0, 0.05) is 0 Å². The zero-order valence-corrected chi connectivity index (χ0v) is 14.5. The van der Waals surface area contributed by atoms with Gasteiger partial charge in [-0.05, 0) is 51.4 Å². The Morgan fingerprint density at radius 1 is 1.05 bits per heavy atom. The zero-order valence-electron chi connectivity index (χ0n) is 14.5. The summed E-state index contributed by atoms with van der Waals surface area (Å²) in [6.45, 7) is 13.4. The van der Waals surface area contributed by atoms with E-state index in [1.807, 2.05) is 48.5 Å². The molecule has 0 aromatic carbocycles. The Hall–Kier alpha value is -1.06. The van der Waals surface area contributed by atoms with Crippen LogP contribution in [0.4, 0.5) is 0 Å². The Morgan fingerprint density at radius 3 is 1.95 bits per heavy atom. The lowest BCUT2D eigenvalue weighted by molar-refractivity contribution is -0.176. The molecule has 1 fully saturated rings. The fourth-order valence-electron chi connectivity index (χ4n) is 2.45. The molecule has 0 bridgehead atoms. The molecule has 1 saturated carbocycles. The molecule has 1 rings (SSSR count). The highest BCUT2D eigenvalue weighted by Crippen LogP contribution is 2.43. The topological polar surface area (TPSA) is 52.6 Å². The van der Waals surface area contributed by atoms with Crippen LogP contribution in [0.15, 0.2) is 0 Å². The Labute approximate surface area is 128 Å². The Morgan fingerprint density at radius 2 is 1.57 bits per heavy atom. The van der Waals surface area contributed by atoms with Crippen LogP contribution in [0, 0.1) is 16.7 Å². The molecule has 0 radical (unpaired) electrons. The van der Waals surface area contributed by atoms with Crippen LogP contribution in [0.1, 0.15) is 67.7 Å². The van der Waals surface area contributed by atoms with Crippen molar-refractivity contribution in [3.8, 4) is 0 Å². The van der Waals surface area contributed by atoms with Crippen molar-refractivity contribution >= 4 is 11.9 Å². The quantitative estimate of drug-likeness (QED) is 0.701. The van der Waals surface area contributed by atoms with Gasteiger partial charge in [-0.3, -0.25) is 4.79 Å². The van der Waals surface area contributed by atoms with E-state index in [-0.39, 0.29) is 18.0 Å². The maximum Gasteiger partial charge on any atom is 0.344 e. The molecule has 1 unspecified atom stereocenters. The second kappa shape index (κ2) is 5.98. The monoisotopic (exact) mass is 298 g/mol. The first-order valence-corrected chi connectivity index (χ1v) is 7.83. The van der Waals surface area contributed by atoms with Crippen LogP contribution in [-0.4, -0.2) is 24.1 Å². The summed E-state index contributed by atoms with van der Waals surface area (Å²) in [5.41, 5.74) is -1.29. The highest BCUT2D eigenvalue weighted by atomic mass is 16.6. The fraction of sp³-hybridized carbons (Fsp3) is 0.882. The molecule has 4 heteroatoms. The van der Waals surface area contributed by atoms with E-state index in [4.69, 9.17) is 9.47 Å². The van der Waals surface area contributed by atoms with E-state index >= 15 is 0 Å². The molecule has 0 amide bonds. The van der Waals surface area contributed by atoms with E-state index in [9.17, 15) is 9.59 Å². The van der Waals surface area contributed by atoms with Crippen molar-refractivity contribution in [1.82, 2.24) is 0 Å². The van der Waals surface area contributed by atoms with E-state index in [2.05, 4.69) is 0 Å². The summed E-state index contributed by atoms with van der Waals surface area (Å²) >= 11 is 0. The minimum Gasteiger partial charge on any atom is -0.457 e. The summed E-state index contributed by atoms with van der Waals surface area (Å²) in [7, 11) is 0. The highest BCUT2D eigenvalue weighted by Gasteiger charge is 2.45. The highest BCUT2D eigenvalue weighted by molar-refractivity contribution is 5.80. The molecule has 1 aliphatic carbocycles. The lowest BCUT2D eigenvalue weighted by Crippen LogP contribution is -2.42. The molecule has 0 saturated heterocycles. The van der Waals surface area contributed by atoms with Crippen molar-refractivity contribution in [2.45, 2.75) is 73.3 Å². The van der Waals surface area contributed by atoms with Gasteiger partial charge in [0.15, 0.2) is 6.61 Å². The van der Waals surface area contributed by atoms with Gasteiger partial charge in [0.25, 0.3) is 0 Å². The first kappa shape index (κ1) is 18.0. The summed E-state index contributed by atoms with van der Waals surface area (Å²) in [5, 5.41) is 0. The molecule has 0 aromatic rings. The van der Waals surface area contributed by atoms with Crippen LogP contribution in [0.2, 0.25) is 0 Å². The number of hydrogen-bond donors (Lipinski definition) is 0. The third-order valence-electron chi connectivity index (χ3n) is 5.07. The SMILES string of the molecule is CCC(C)(C(=O)OCC(=O)OC(C)(C)C1CC1)C(C)(C)C. The first-order chi connectivity index (χ1) is 9.44. The summed E-state index contributed by atoms with van der Waals surface area (Å²) in [4.78, 5) is 24.2. The Bertz CT molecular complexity index is 402. The van der Waals surface area contributed by atoms with E-state index in [1.54, 1.807) is 0 Å². The van der Waals surface area contributed by atoms with Crippen molar-refractivity contribution < 1.29 is 19.1 Å². The molecule has 0 aliphatic heterocycles. The van der Waals surface area contributed by atoms with E-state index in [1.165, 1.54) is 0 Å². The smallest absolute Gasteiger partial charge is 0.344 e. The minimum absolute atomic E-state index is 0.226. The molecular weight excluding hydrogens is 268 g/mol. The molecule has 4 nitrogen and oxygen atoms in total. The number of carbonyl (C=O) groups is 2. The summed E-state index contributed by atoms with van der Waals surface area (Å²) in [5.74, 6) is -0.362. The van der Waals surface area contributed by atoms with Crippen molar-refractivity contribution in [2.75, 3.05) is 6.61 Å². The molecule has 0 spiro atoms. The van der Waals surface area contributed by atoms with Gasteiger partial charge in [0.2, 0.25) is 0 Å². The normalized spacial score (nSPS) is 18.8. The Balaban J connectivity index is 2.54. The maximum atomic E-state index is 12.3. The third kappa shape index (κ3) is 4.21. The van der Waals surface area contributed by atoms with Crippen molar-refractivity contribution in [3.63, 3.8) is 0 Å².